The lowest BCUT2D eigenvalue weighted by atomic mass is 10.4. The van der Waals surface area contributed by atoms with Crippen LogP contribution in [-0.2, 0) is 11.8 Å². The van der Waals surface area contributed by atoms with Crippen molar-refractivity contribution in [2.45, 2.75) is 0 Å². The van der Waals surface area contributed by atoms with E-state index >= 15 is 0 Å². The molecule has 0 aliphatic rings. The Bertz CT molecular complexity index is 305. The van der Waals surface area contributed by atoms with Gasteiger partial charge in [0, 0.05) is 20.7 Å². The quantitative estimate of drug-likeness (QED) is 0.746. The second kappa shape index (κ2) is 4.97. The van der Waals surface area contributed by atoms with E-state index in [-0.39, 0.29) is 5.91 Å². The maximum atomic E-state index is 11.5. The van der Waals surface area contributed by atoms with Crippen LogP contribution < -0.4 is 5.32 Å². The number of nitrogens with one attached hydrogen (secondary N) is 1. The van der Waals surface area contributed by atoms with Crippen LogP contribution in [0.4, 0.5) is 0 Å². The van der Waals surface area contributed by atoms with Crippen molar-refractivity contribution in [3.8, 4) is 0 Å². The normalized spacial score (nSPS) is 10.2. The van der Waals surface area contributed by atoms with Gasteiger partial charge in [-0.05, 0) is 0 Å². The van der Waals surface area contributed by atoms with Crippen molar-refractivity contribution in [1.82, 2.24) is 15.1 Å². The predicted molar refractivity (Wildman–Crippen MR) is 52.4 cm³/mol. The first-order valence-electron chi connectivity index (χ1n) is 4.11. The van der Waals surface area contributed by atoms with Crippen LogP contribution in [0.5, 0.6) is 0 Å². The summed E-state index contributed by atoms with van der Waals surface area (Å²) in [6.45, 7) is 0.929. The van der Waals surface area contributed by atoms with E-state index in [1.54, 1.807) is 14.2 Å². The third kappa shape index (κ3) is 2.46. The summed E-state index contributed by atoms with van der Waals surface area (Å²) in [7, 11) is 3.24. The SMILES string of the molecule is COCCNC(=O)c1c(Cl)cnn1C. The molecule has 0 aliphatic carbocycles. The van der Waals surface area contributed by atoms with E-state index in [0.717, 1.165) is 0 Å². The maximum Gasteiger partial charge on any atom is 0.271 e. The summed E-state index contributed by atoms with van der Waals surface area (Å²) in [6.07, 6.45) is 1.44. The van der Waals surface area contributed by atoms with Crippen molar-refractivity contribution in [3.05, 3.63) is 16.9 Å². The summed E-state index contributed by atoms with van der Waals surface area (Å²) < 4.78 is 6.23. The van der Waals surface area contributed by atoms with Crippen molar-refractivity contribution < 1.29 is 9.53 Å². The molecule has 1 rings (SSSR count). The molecule has 5 nitrogen and oxygen atoms in total. The highest BCUT2D eigenvalue weighted by Gasteiger charge is 2.14. The van der Waals surface area contributed by atoms with Crippen LogP contribution >= 0.6 is 11.6 Å². The van der Waals surface area contributed by atoms with Crippen molar-refractivity contribution in [3.63, 3.8) is 0 Å². The molecule has 0 saturated carbocycles. The van der Waals surface area contributed by atoms with Crippen molar-refractivity contribution in [2.75, 3.05) is 20.3 Å². The molecular formula is C8H12ClN3O2. The van der Waals surface area contributed by atoms with Crippen LogP contribution in [0.1, 0.15) is 10.5 Å². The van der Waals surface area contributed by atoms with Crippen molar-refractivity contribution >= 4 is 17.5 Å². The molecule has 1 amide bonds. The van der Waals surface area contributed by atoms with E-state index in [0.29, 0.717) is 23.9 Å². The topological polar surface area (TPSA) is 56.1 Å². The number of ether oxygens (including phenoxy) is 1. The highest BCUT2D eigenvalue weighted by atomic mass is 35.5. The van der Waals surface area contributed by atoms with Crippen LogP contribution in [0.2, 0.25) is 5.02 Å². The lowest BCUT2D eigenvalue weighted by molar-refractivity contribution is 0.0928. The predicted octanol–water partition coefficient (Wildman–Crippen LogP) is 0.450. The van der Waals surface area contributed by atoms with Gasteiger partial charge in [0.15, 0.2) is 0 Å². The molecule has 0 bridgehead atoms. The van der Waals surface area contributed by atoms with E-state index in [1.807, 2.05) is 0 Å². The second-order valence-electron chi connectivity index (χ2n) is 2.71. The molecular weight excluding hydrogens is 206 g/mol. The minimum absolute atomic E-state index is 0.243. The average Bonchev–Trinajstić information content (AvgIpc) is 2.46. The molecule has 0 atom stereocenters. The van der Waals surface area contributed by atoms with Gasteiger partial charge in [0.1, 0.15) is 5.69 Å². The molecule has 0 saturated heterocycles. The molecule has 0 aliphatic heterocycles. The summed E-state index contributed by atoms with van der Waals surface area (Å²) in [6, 6.07) is 0. The third-order valence-electron chi connectivity index (χ3n) is 1.70. The number of carbonyl (C=O) groups is 1. The number of hydrogen-bond donors (Lipinski definition) is 1. The maximum absolute atomic E-state index is 11.5. The standard InChI is InChI=1S/C8H12ClN3O2/c1-12-7(6(9)5-11-12)8(13)10-3-4-14-2/h5H,3-4H2,1-2H3,(H,10,13). The Kier molecular flexibility index (Phi) is 3.91. The smallest absolute Gasteiger partial charge is 0.271 e. The number of aromatic nitrogens is 2. The van der Waals surface area contributed by atoms with Gasteiger partial charge in [0.25, 0.3) is 5.91 Å². The van der Waals surface area contributed by atoms with E-state index in [2.05, 4.69) is 10.4 Å². The molecule has 1 aromatic heterocycles. The van der Waals surface area contributed by atoms with Crippen LogP contribution in [0.15, 0.2) is 6.20 Å². The molecule has 0 radical (unpaired) electrons. The molecule has 1 aromatic rings. The minimum atomic E-state index is -0.243. The molecule has 78 valence electrons. The van der Waals surface area contributed by atoms with Gasteiger partial charge in [-0.15, -0.1) is 0 Å². The average molecular weight is 218 g/mol. The number of nitrogens with zero attached hydrogens (tertiary/aromatic N) is 2. The van der Waals surface area contributed by atoms with Gasteiger partial charge in [0.05, 0.1) is 17.8 Å². The number of rotatable bonds is 4. The van der Waals surface area contributed by atoms with Crippen LogP contribution in [0.25, 0.3) is 0 Å². The Balaban J connectivity index is 2.60. The molecule has 0 aromatic carbocycles. The highest BCUT2D eigenvalue weighted by Crippen LogP contribution is 2.13. The Hall–Kier alpha value is -1.07. The lowest BCUT2D eigenvalue weighted by Gasteiger charge is -2.04. The summed E-state index contributed by atoms with van der Waals surface area (Å²) in [5, 5.41) is 6.87. The van der Waals surface area contributed by atoms with Gasteiger partial charge in [-0.1, -0.05) is 11.6 Å². The zero-order valence-electron chi connectivity index (χ0n) is 8.08. The fraction of sp³-hybridized carbons (Fsp3) is 0.500. The van der Waals surface area contributed by atoms with Crippen molar-refractivity contribution in [2.24, 2.45) is 7.05 Å². The summed E-state index contributed by atoms with van der Waals surface area (Å²) in [4.78, 5) is 11.5. The highest BCUT2D eigenvalue weighted by molar-refractivity contribution is 6.33. The number of halogens is 1. The molecule has 0 spiro atoms. The fourth-order valence-electron chi connectivity index (χ4n) is 1.02. The minimum Gasteiger partial charge on any atom is -0.383 e. The molecule has 1 N–H and O–H groups in total. The number of amides is 1. The number of methoxy groups -OCH3 is 1. The van der Waals surface area contributed by atoms with Gasteiger partial charge in [-0.3, -0.25) is 9.48 Å². The van der Waals surface area contributed by atoms with E-state index < -0.39 is 0 Å². The monoisotopic (exact) mass is 217 g/mol. The van der Waals surface area contributed by atoms with Gasteiger partial charge in [-0.2, -0.15) is 5.10 Å². The zero-order chi connectivity index (χ0) is 10.6. The zero-order valence-corrected chi connectivity index (χ0v) is 8.84. The van der Waals surface area contributed by atoms with Gasteiger partial charge >= 0.3 is 0 Å². The van der Waals surface area contributed by atoms with E-state index in [4.69, 9.17) is 16.3 Å². The first-order chi connectivity index (χ1) is 6.66. The first kappa shape index (κ1) is 11.0. The van der Waals surface area contributed by atoms with E-state index in [9.17, 15) is 4.79 Å². The summed E-state index contributed by atoms with van der Waals surface area (Å²) in [5.74, 6) is -0.243. The van der Waals surface area contributed by atoms with Crippen LogP contribution in [0, 0.1) is 0 Å². The molecule has 0 fully saturated rings. The Morgan fingerprint density at radius 2 is 2.50 bits per heavy atom. The first-order valence-corrected chi connectivity index (χ1v) is 4.49. The second-order valence-corrected chi connectivity index (χ2v) is 3.12. The summed E-state index contributed by atoms with van der Waals surface area (Å²) >= 11 is 5.78. The van der Waals surface area contributed by atoms with Crippen LogP contribution in [0.3, 0.4) is 0 Å². The van der Waals surface area contributed by atoms with Crippen molar-refractivity contribution in [1.29, 1.82) is 0 Å². The van der Waals surface area contributed by atoms with Gasteiger partial charge in [-0.25, -0.2) is 0 Å². The molecule has 14 heavy (non-hydrogen) atoms. The number of carbonyl (C=O) groups excluding carboxylic acids is 1. The Morgan fingerprint density at radius 3 is 3.00 bits per heavy atom. The number of aryl methyl sites for hydroxylation is 1. The number of hydrogen-bond acceptors (Lipinski definition) is 3. The fourth-order valence-corrected chi connectivity index (χ4v) is 1.27. The third-order valence-corrected chi connectivity index (χ3v) is 1.98. The summed E-state index contributed by atoms with van der Waals surface area (Å²) in [5.41, 5.74) is 0.364. The van der Waals surface area contributed by atoms with E-state index in [1.165, 1.54) is 10.9 Å². The Morgan fingerprint density at radius 1 is 1.79 bits per heavy atom. The van der Waals surface area contributed by atoms with Gasteiger partial charge in [0.2, 0.25) is 0 Å². The molecule has 0 unspecified atom stereocenters. The van der Waals surface area contributed by atoms with Crippen LogP contribution in [-0.4, -0.2) is 35.9 Å². The van der Waals surface area contributed by atoms with Gasteiger partial charge < -0.3 is 10.1 Å². The molecule has 1 heterocycles. The lowest BCUT2D eigenvalue weighted by Crippen LogP contribution is -2.28. The largest absolute Gasteiger partial charge is 0.383 e. The Labute approximate surface area is 87.0 Å². The molecule has 6 heteroatoms.